The highest BCUT2D eigenvalue weighted by Crippen LogP contribution is 2.28. The van der Waals surface area contributed by atoms with Gasteiger partial charge in [0, 0.05) is 18.8 Å². The Bertz CT molecular complexity index is 1480. The number of sulfonamides is 2. The molecule has 1 amide bonds. The van der Waals surface area contributed by atoms with Crippen molar-refractivity contribution < 1.29 is 21.6 Å². The van der Waals surface area contributed by atoms with E-state index >= 15 is 0 Å². The molecule has 202 valence electrons. The van der Waals surface area contributed by atoms with E-state index in [4.69, 9.17) is 0 Å². The minimum atomic E-state index is -4.04. The molecule has 38 heavy (non-hydrogen) atoms. The first-order valence-electron chi connectivity index (χ1n) is 12.7. The van der Waals surface area contributed by atoms with Gasteiger partial charge in [-0.05, 0) is 74.2 Å². The van der Waals surface area contributed by atoms with E-state index in [0.29, 0.717) is 30.9 Å². The molecule has 10 heteroatoms. The zero-order chi connectivity index (χ0) is 27.3. The SMILES string of the molecule is CCc1ccccc1N(CC(=O)Nc1ccc(S(=O)(=O)N2CCCCC2)cc1)S(=O)(=O)c1ccc(C)cc1. The van der Waals surface area contributed by atoms with Crippen molar-refractivity contribution in [1.29, 1.82) is 0 Å². The molecule has 1 fully saturated rings. The van der Waals surface area contributed by atoms with Crippen molar-refractivity contribution in [2.24, 2.45) is 0 Å². The van der Waals surface area contributed by atoms with E-state index in [1.807, 2.05) is 26.0 Å². The van der Waals surface area contributed by atoms with Crippen LogP contribution in [0, 0.1) is 6.92 Å². The Kier molecular flexibility index (Phi) is 8.54. The molecule has 1 saturated heterocycles. The van der Waals surface area contributed by atoms with Crippen LogP contribution in [0.4, 0.5) is 11.4 Å². The molecule has 0 spiro atoms. The molecule has 1 N–H and O–H groups in total. The highest BCUT2D eigenvalue weighted by Gasteiger charge is 2.29. The van der Waals surface area contributed by atoms with Gasteiger partial charge in [-0.25, -0.2) is 16.8 Å². The van der Waals surface area contributed by atoms with Crippen molar-refractivity contribution in [3.63, 3.8) is 0 Å². The highest BCUT2D eigenvalue weighted by molar-refractivity contribution is 7.92. The van der Waals surface area contributed by atoms with Gasteiger partial charge < -0.3 is 5.32 Å². The summed E-state index contributed by atoms with van der Waals surface area (Å²) in [7, 11) is -7.63. The van der Waals surface area contributed by atoms with Crippen molar-refractivity contribution in [1.82, 2.24) is 4.31 Å². The van der Waals surface area contributed by atoms with E-state index in [1.54, 1.807) is 24.3 Å². The van der Waals surface area contributed by atoms with Gasteiger partial charge in [0.2, 0.25) is 15.9 Å². The van der Waals surface area contributed by atoms with Crippen LogP contribution in [0.15, 0.2) is 82.6 Å². The molecule has 0 unspecified atom stereocenters. The van der Waals surface area contributed by atoms with Crippen LogP contribution in [0.1, 0.15) is 37.3 Å². The Morgan fingerprint density at radius 1 is 0.842 bits per heavy atom. The van der Waals surface area contributed by atoms with Gasteiger partial charge in [0.15, 0.2) is 0 Å². The minimum Gasteiger partial charge on any atom is -0.325 e. The zero-order valence-electron chi connectivity index (χ0n) is 21.6. The Morgan fingerprint density at radius 3 is 2.08 bits per heavy atom. The number of nitrogens with zero attached hydrogens (tertiary/aromatic N) is 2. The summed E-state index contributed by atoms with van der Waals surface area (Å²) in [6.45, 7) is 4.36. The Hall–Kier alpha value is -3.21. The Balaban J connectivity index is 1.57. The minimum absolute atomic E-state index is 0.0917. The molecule has 3 aromatic rings. The number of carbonyl (C=O) groups excluding carboxylic acids is 1. The van der Waals surface area contributed by atoms with Crippen LogP contribution in [-0.4, -0.2) is 46.7 Å². The molecule has 0 atom stereocenters. The molecule has 8 nitrogen and oxygen atoms in total. The normalized spacial score (nSPS) is 14.7. The standard InChI is InChI=1S/C28H33N3O5S2/c1-3-23-9-5-6-10-27(23)31(38(35,36)26-15-11-22(2)12-16-26)21-28(32)29-24-13-17-25(18-14-24)37(33,34)30-19-7-4-8-20-30/h5-6,9-18H,3-4,7-8,19-21H2,1-2H3,(H,29,32). The molecule has 0 saturated carbocycles. The molecule has 1 aliphatic rings. The molecule has 4 rings (SSSR count). The fourth-order valence-electron chi connectivity index (χ4n) is 4.49. The summed E-state index contributed by atoms with van der Waals surface area (Å²) in [6, 6.07) is 19.6. The van der Waals surface area contributed by atoms with E-state index in [-0.39, 0.29) is 9.79 Å². The number of hydrogen-bond donors (Lipinski definition) is 1. The molecular weight excluding hydrogens is 522 g/mol. The number of hydrogen-bond acceptors (Lipinski definition) is 5. The van der Waals surface area contributed by atoms with Crippen molar-refractivity contribution in [2.45, 2.75) is 49.3 Å². The van der Waals surface area contributed by atoms with Gasteiger partial charge in [-0.2, -0.15) is 4.31 Å². The highest BCUT2D eigenvalue weighted by atomic mass is 32.2. The van der Waals surface area contributed by atoms with Crippen molar-refractivity contribution >= 4 is 37.3 Å². The van der Waals surface area contributed by atoms with Crippen molar-refractivity contribution in [3.8, 4) is 0 Å². The van der Waals surface area contributed by atoms with Gasteiger partial charge in [0.1, 0.15) is 6.54 Å². The number of benzene rings is 3. The summed E-state index contributed by atoms with van der Waals surface area (Å²) in [6.07, 6.45) is 3.30. The lowest BCUT2D eigenvalue weighted by Gasteiger charge is -2.26. The number of para-hydroxylation sites is 1. The second-order valence-electron chi connectivity index (χ2n) is 9.34. The van der Waals surface area contributed by atoms with Crippen LogP contribution in [0.3, 0.4) is 0 Å². The first kappa shape index (κ1) is 27.8. The number of amides is 1. The van der Waals surface area contributed by atoms with E-state index in [9.17, 15) is 21.6 Å². The van der Waals surface area contributed by atoms with Gasteiger partial charge in [-0.1, -0.05) is 49.2 Å². The fourth-order valence-corrected chi connectivity index (χ4v) is 7.46. The quantitative estimate of drug-likeness (QED) is 0.417. The number of aryl methyl sites for hydroxylation is 2. The number of rotatable bonds is 9. The van der Waals surface area contributed by atoms with Crippen LogP contribution < -0.4 is 9.62 Å². The van der Waals surface area contributed by atoms with Crippen molar-refractivity contribution in [3.05, 3.63) is 83.9 Å². The van der Waals surface area contributed by atoms with Gasteiger partial charge >= 0.3 is 0 Å². The Morgan fingerprint density at radius 2 is 1.45 bits per heavy atom. The van der Waals surface area contributed by atoms with Crippen LogP contribution in [0.5, 0.6) is 0 Å². The zero-order valence-corrected chi connectivity index (χ0v) is 23.3. The second-order valence-corrected chi connectivity index (χ2v) is 13.1. The summed E-state index contributed by atoms with van der Waals surface area (Å²) in [5, 5.41) is 2.72. The maximum atomic E-state index is 13.7. The number of anilines is 2. The summed E-state index contributed by atoms with van der Waals surface area (Å²) in [4.78, 5) is 13.4. The van der Waals surface area contributed by atoms with E-state index in [1.165, 1.54) is 40.7 Å². The molecule has 1 aliphatic heterocycles. The molecular formula is C28H33N3O5S2. The monoisotopic (exact) mass is 555 g/mol. The van der Waals surface area contributed by atoms with Crippen LogP contribution in [-0.2, 0) is 31.3 Å². The Labute approximate surface area is 225 Å². The third-order valence-corrected chi connectivity index (χ3v) is 10.3. The number of piperidine rings is 1. The predicted octanol–water partition coefficient (Wildman–Crippen LogP) is 4.57. The second kappa shape index (κ2) is 11.7. The molecule has 3 aromatic carbocycles. The smallest absolute Gasteiger partial charge is 0.264 e. The summed E-state index contributed by atoms with van der Waals surface area (Å²) >= 11 is 0. The van der Waals surface area contributed by atoms with E-state index in [2.05, 4.69) is 5.32 Å². The fraction of sp³-hybridized carbons (Fsp3) is 0.321. The van der Waals surface area contributed by atoms with Gasteiger partial charge in [0.05, 0.1) is 15.5 Å². The van der Waals surface area contributed by atoms with Crippen LogP contribution in [0.2, 0.25) is 0 Å². The molecule has 1 heterocycles. The largest absolute Gasteiger partial charge is 0.325 e. The van der Waals surface area contributed by atoms with Crippen LogP contribution in [0.25, 0.3) is 0 Å². The molecule has 0 radical (unpaired) electrons. The van der Waals surface area contributed by atoms with E-state index in [0.717, 1.165) is 34.7 Å². The average Bonchev–Trinajstić information content (AvgIpc) is 2.92. The van der Waals surface area contributed by atoms with E-state index < -0.39 is 32.5 Å². The maximum Gasteiger partial charge on any atom is 0.264 e. The number of nitrogens with one attached hydrogen (secondary N) is 1. The van der Waals surface area contributed by atoms with Gasteiger partial charge in [-0.15, -0.1) is 0 Å². The average molecular weight is 556 g/mol. The van der Waals surface area contributed by atoms with Crippen molar-refractivity contribution in [2.75, 3.05) is 29.3 Å². The van der Waals surface area contributed by atoms with Crippen LogP contribution >= 0.6 is 0 Å². The van der Waals surface area contributed by atoms with Gasteiger partial charge in [0.25, 0.3) is 10.0 Å². The molecule has 0 aromatic heterocycles. The third-order valence-electron chi connectivity index (χ3n) is 6.63. The predicted molar refractivity (Wildman–Crippen MR) is 149 cm³/mol. The topological polar surface area (TPSA) is 104 Å². The number of carbonyl (C=O) groups is 1. The lowest BCUT2D eigenvalue weighted by atomic mass is 10.1. The summed E-state index contributed by atoms with van der Waals surface area (Å²) in [5.74, 6) is -0.543. The first-order valence-corrected chi connectivity index (χ1v) is 15.6. The van der Waals surface area contributed by atoms with Gasteiger partial charge in [-0.3, -0.25) is 9.10 Å². The molecule has 0 aliphatic carbocycles. The lowest BCUT2D eigenvalue weighted by molar-refractivity contribution is -0.114. The first-order chi connectivity index (χ1) is 18.1. The molecule has 0 bridgehead atoms. The summed E-state index contributed by atoms with van der Waals surface area (Å²) < 4.78 is 55.8. The maximum absolute atomic E-state index is 13.7. The summed E-state index contributed by atoms with van der Waals surface area (Å²) in [5.41, 5.74) is 2.54. The third kappa shape index (κ3) is 6.09. The lowest BCUT2D eigenvalue weighted by Crippen LogP contribution is -2.38.